The first-order valence-electron chi connectivity index (χ1n) is 6.61. The molecular weight excluding hydrogens is 394 g/mol. The number of alkyl halides is 1. The molecule has 1 fully saturated rings. The molecule has 0 bridgehead atoms. The van der Waals surface area contributed by atoms with Gasteiger partial charge in [-0.3, -0.25) is 0 Å². The Kier molecular flexibility index (Phi) is 4.19. The van der Waals surface area contributed by atoms with Gasteiger partial charge in [0.1, 0.15) is 11.6 Å². The third kappa shape index (κ3) is 2.44. The summed E-state index contributed by atoms with van der Waals surface area (Å²) in [6, 6.07) is 3.54. The van der Waals surface area contributed by atoms with E-state index in [1.807, 2.05) is 22.6 Å². The molecule has 1 aromatic carbocycles. The molecule has 1 saturated heterocycles. The second kappa shape index (κ2) is 5.77. The van der Waals surface area contributed by atoms with Crippen LogP contribution in [0.25, 0.3) is 11.0 Å². The lowest BCUT2D eigenvalue weighted by Crippen LogP contribution is -2.18. The molecule has 2 unspecified atom stereocenters. The highest BCUT2D eigenvalue weighted by Crippen LogP contribution is 2.32. The minimum Gasteiger partial charge on any atom is -0.381 e. The van der Waals surface area contributed by atoms with Gasteiger partial charge in [-0.1, -0.05) is 0 Å². The Morgan fingerprint density at radius 2 is 2.40 bits per heavy atom. The Hall–Kier alpha value is -0.400. The van der Waals surface area contributed by atoms with Crippen molar-refractivity contribution in [3.8, 4) is 0 Å². The monoisotopic (exact) mass is 408 g/mol. The number of aromatic nitrogens is 2. The Labute approximate surface area is 135 Å². The summed E-state index contributed by atoms with van der Waals surface area (Å²) in [5.41, 5.74) is 1.62. The zero-order chi connectivity index (χ0) is 14.3. The Balaban J connectivity index is 2.13. The molecule has 1 aromatic heterocycles. The Morgan fingerprint density at radius 1 is 1.60 bits per heavy atom. The molecule has 6 heteroatoms. The summed E-state index contributed by atoms with van der Waals surface area (Å²) < 4.78 is 22.0. The van der Waals surface area contributed by atoms with Crippen molar-refractivity contribution in [2.24, 2.45) is 5.92 Å². The summed E-state index contributed by atoms with van der Waals surface area (Å²) in [5, 5.41) is 0. The van der Waals surface area contributed by atoms with Crippen molar-refractivity contribution in [2.45, 2.75) is 25.3 Å². The van der Waals surface area contributed by atoms with Gasteiger partial charge in [0.25, 0.3) is 0 Å². The van der Waals surface area contributed by atoms with E-state index in [4.69, 9.17) is 16.3 Å². The molecule has 1 aliphatic heterocycles. The first-order chi connectivity index (χ1) is 9.61. The quantitative estimate of drug-likeness (QED) is 0.564. The van der Waals surface area contributed by atoms with Crippen LogP contribution in [0.15, 0.2) is 12.1 Å². The van der Waals surface area contributed by atoms with Crippen LogP contribution in [0, 0.1) is 15.3 Å². The predicted octanol–water partition coefficient (Wildman–Crippen LogP) is 4.12. The first-order valence-corrected chi connectivity index (χ1v) is 8.22. The third-order valence-corrected chi connectivity index (χ3v) is 5.04. The maximum atomic E-state index is 13.9. The van der Waals surface area contributed by atoms with E-state index in [-0.39, 0.29) is 11.9 Å². The Bertz CT molecular complexity index is 640. The summed E-state index contributed by atoms with van der Waals surface area (Å²) in [7, 11) is 0. The maximum absolute atomic E-state index is 13.9. The zero-order valence-electron chi connectivity index (χ0n) is 11.1. The van der Waals surface area contributed by atoms with E-state index in [1.165, 1.54) is 0 Å². The van der Waals surface area contributed by atoms with Gasteiger partial charge < -0.3 is 9.30 Å². The highest BCUT2D eigenvalue weighted by atomic mass is 127. The van der Waals surface area contributed by atoms with Crippen molar-refractivity contribution in [1.29, 1.82) is 0 Å². The van der Waals surface area contributed by atoms with E-state index in [9.17, 15) is 4.39 Å². The number of benzene rings is 1. The van der Waals surface area contributed by atoms with Crippen molar-refractivity contribution < 1.29 is 9.13 Å². The average molecular weight is 409 g/mol. The SMILES string of the molecule is CC(C1CCOC1)n1c(CCl)nc2cc(I)c(F)cc21. The normalized spacial score (nSPS) is 20.7. The van der Waals surface area contributed by atoms with Crippen LogP contribution in [0.2, 0.25) is 0 Å². The average Bonchev–Trinajstić information content (AvgIpc) is 3.06. The molecule has 2 aromatic rings. The molecule has 20 heavy (non-hydrogen) atoms. The van der Waals surface area contributed by atoms with Crippen molar-refractivity contribution in [3.05, 3.63) is 27.3 Å². The minimum atomic E-state index is -0.213. The van der Waals surface area contributed by atoms with Crippen molar-refractivity contribution in [2.75, 3.05) is 13.2 Å². The van der Waals surface area contributed by atoms with Crippen LogP contribution in [0.5, 0.6) is 0 Å². The number of hydrogen-bond donors (Lipinski definition) is 0. The fraction of sp³-hybridized carbons (Fsp3) is 0.500. The molecule has 0 aliphatic carbocycles. The van der Waals surface area contributed by atoms with E-state index in [2.05, 4.69) is 16.5 Å². The summed E-state index contributed by atoms with van der Waals surface area (Å²) in [6.07, 6.45) is 1.02. The summed E-state index contributed by atoms with van der Waals surface area (Å²) in [6.45, 7) is 3.67. The van der Waals surface area contributed by atoms with Crippen LogP contribution in [0.4, 0.5) is 4.39 Å². The second-order valence-corrected chi connectivity index (χ2v) is 6.58. The van der Waals surface area contributed by atoms with E-state index in [1.54, 1.807) is 12.1 Å². The van der Waals surface area contributed by atoms with Crippen LogP contribution in [-0.4, -0.2) is 22.8 Å². The molecule has 0 radical (unpaired) electrons. The third-order valence-electron chi connectivity index (χ3n) is 3.98. The number of rotatable bonds is 3. The van der Waals surface area contributed by atoms with E-state index in [0.717, 1.165) is 36.5 Å². The molecule has 0 saturated carbocycles. The van der Waals surface area contributed by atoms with Crippen molar-refractivity contribution in [3.63, 3.8) is 0 Å². The van der Waals surface area contributed by atoms with E-state index < -0.39 is 0 Å². The predicted molar refractivity (Wildman–Crippen MR) is 85.6 cm³/mol. The summed E-state index contributed by atoms with van der Waals surface area (Å²) >= 11 is 8.01. The second-order valence-electron chi connectivity index (χ2n) is 5.15. The van der Waals surface area contributed by atoms with Crippen LogP contribution in [-0.2, 0) is 10.6 Å². The molecule has 3 nitrogen and oxygen atoms in total. The van der Waals surface area contributed by atoms with Crippen molar-refractivity contribution in [1.82, 2.24) is 9.55 Å². The fourth-order valence-electron chi connectivity index (χ4n) is 2.83. The van der Waals surface area contributed by atoms with E-state index in [0.29, 0.717) is 15.4 Å². The number of imidazole rings is 1. The van der Waals surface area contributed by atoms with Gasteiger partial charge in [-0.05, 0) is 42.0 Å². The van der Waals surface area contributed by atoms with Crippen LogP contribution < -0.4 is 0 Å². The summed E-state index contributed by atoms with van der Waals surface area (Å²) in [5.74, 6) is 1.33. The number of halogens is 3. The lowest BCUT2D eigenvalue weighted by Gasteiger charge is -2.22. The molecular formula is C14H15ClFIN2O. The molecule has 0 spiro atoms. The van der Waals surface area contributed by atoms with Gasteiger partial charge in [-0.25, -0.2) is 9.37 Å². The fourth-order valence-corrected chi connectivity index (χ4v) is 3.47. The van der Waals surface area contributed by atoms with Gasteiger partial charge in [0.05, 0.1) is 27.1 Å². The zero-order valence-corrected chi connectivity index (χ0v) is 14.0. The maximum Gasteiger partial charge on any atom is 0.138 e. The van der Waals surface area contributed by atoms with E-state index >= 15 is 0 Å². The molecule has 1 aliphatic rings. The smallest absolute Gasteiger partial charge is 0.138 e. The van der Waals surface area contributed by atoms with Gasteiger partial charge in [-0.2, -0.15) is 0 Å². The highest BCUT2D eigenvalue weighted by Gasteiger charge is 2.27. The first kappa shape index (κ1) is 14.5. The summed E-state index contributed by atoms with van der Waals surface area (Å²) in [4.78, 5) is 4.54. The van der Waals surface area contributed by atoms with Crippen LogP contribution in [0.1, 0.15) is 25.2 Å². The molecule has 2 heterocycles. The lowest BCUT2D eigenvalue weighted by atomic mass is 10.0. The lowest BCUT2D eigenvalue weighted by molar-refractivity contribution is 0.175. The largest absolute Gasteiger partial charge is 0.381 e. The number of fused-ring (bicyclic) bond motifs is 1. The van der Waals surface area contributed by atoms with Crippen LogP contribution in [0.3, 0.4) is 0 Å². The Morgan fingerprint density at radius 3 is 3.05 bits per heavy atom. The van der Waals surface area contributed by atoms with Gasteiger partial charge in [0.2, 0.25) is 0 Å². The van der Waals surface area contributed by atoms with Gasteiger partial charge in [0.15, 0.2) is 0 Å². The minimum absolute atomic E-state index is 0.204. The highest BCUT2D eigenvalue weighted by molar-refractivity contribution is 14.1. The molecule has 0 N–H and O–H groups in total. The molecule has 2 atom stereocenters. The number of ether oxygens (including phenoxy) is 1. The number of nitrogens with zero attached hydrogens (tertiary/aromatic N) is 2. The molecule has 108 valence electrons. The van der Waals surface area contributed by atoms with Gasteiger partial charge >= 0.3 is 0 Å². The van der Waals surface area contributed by atoms with Gasteiger partial charge in [-0.15, -0.1) is 11.6 Å². The topological polar surface area (TPSA) is 27.1 Å². The number of hydrogen-bond acceptors (Lipinski definition) is 2. The molecule has 0 amide bonds. The molecule has 3 rings (SSSR count). The van der Waals surface area contributed by atoms with Crippen LogP contribution >= 0.6 is 34.2 Å². The van der Waals surface area contributed by atoms with Gasteiger partial charge in [0, 0.05) is 24.6 Å². The standard InChI is InChI=1S/C14H15ClFIN2O/c1-8(9-2-3-20-7-9)19-13-4-10(16)11(17)5-12(13)18-14(19)6-15/h4-5,8-9H,2-3,6-7H2,1H3. The van der Waals surface area contributed by atoms with Crippen molar-refractivity contribution >= 4 is 45.2 Å².